The van der Waals surface area contributed by atoms with Gasteiger partial charge in [-0.1, -0.05) is 25.8 Å². The monoisotopic (exact) mass is 539 g/mol. The molecule has 2 aromatic rings. The summed E-state index contributed by atoms with van der Waals surface area (Å²) in [6.45, 7) is 6.51. The van der Waals surface area contributed by atoms with Crippen molar-refractivity contribution in [1.29, 1.82) is 0 Å². The molecule has 210 valence electrons. The Morgan fingerprint density at radius 2 is 1.74 bits per heavy atom. The third kappa shape index (κ3) is 6.30. The normalized spacial score (nSPS) is 17.9. The van der Waals surface area contributed by atoms with Crippen LogP contribution >= 0.6 is 0 Å². The number of nitrogens with zero attached hydrogens (tertiary/aromatic N) is 1. The molecule has 1 unspecified atom stereocenters. The van der Waals surface area contributed by atoms with Gasteiger partial charge in [0.2, 0.25) is 0 Å². The van der Waals surface area contributed by atoms with Crippen molar-refractivity contribution in [3.63, 3.8) is 0 Å². The number of methoxy groups -OCH3 is 1. The summed E-state index contributed by atoms with van der Waals surface area (Å²) in [5.41, 5.74) is 1.00. The summed E-state index contributed by atoms with van der Waals surface area (Å²) in [5.74, 6) is 0.455. The zero-order valence-corrected chi connectivity index (χ0v) is 22.9. The maximum Gasteiger partial charge on any atom is 0.295 e. The van der Waals surface area contributed by atoms with Crippen molar-refractivity contribution in [1.82, 2.24) is 4.90 Å². The van der Waals surface area contributed by atoms with Gasteiger partial charge in [-0.05, 0) is 55.7 Å². The summed E-state index contributed by atoms with van der Waals surface area (Å²) in [6, 6.07) is 9.54. The van der Waals surface area contributed by atoms with Crippen molar-refractivity contribution < 1.29 is 38.4 Å². The van der Waals surface area contributed by atoms with E-state index in [9.17, 15) is 14.7 Å². The van der Waals surface area contributed by atoms with Gasteiger partial charge in [0.05, 0.1) is 24.8 Å². The summed E-state index contributed by atoms with van der Waals surface area (Å²) in [7, 11) is 1.58. The van der Waals surface area contributed by atoms with E-state index in [2.05, 4.69) is 6.92 Å². The first kappa shape index (κ1) is 28.3. The molecular weight excluding hydrogens is 502 g/mol. The molecule has 0 aliphatic carbocycles. The zero-order chi connectivity index (χ0) is 27.8. The SMILES string of the molecule is CCCCCOc1ccc(C2/C(=C(/O)c3ccc4c(c3)OCCO4)C(=O)C(=O)N2CCCOC)cc1OCC. The Hall–Kier alpha value is -3.72. The molecule has 0 radical (unpaired) electrons. The van der Waals surface area contributed by atoms with Gasteiger partial charge in [-0.25, -0.2) is 0 Å². The molecule has 2 aliphatic rings. The fourth-order valence-corrected chi connectivity index (χ4v) is 4.80. The second-order valence-corrected chi connectivity index (χ2v) is 9.39. The number of rotatable bonds is 13. The fraction of sp³-hybridized carbons (Fsp3) is 0.467. The Morgan fingerprint density at radius 3 is 2.49 bits per heavy atom. The number of amides is 1. The van der Waals surface area contributed by atoms with Crippen LogP contribution in [0.1, 0.15) is 56.7 Å². The molecule has 0 saturated carbocycles. The van der Waals surface area contributed by atoms with Gasteiger partial charge in [-0.15, -0.1) is 0 Å². The van der Waals surface area contributed by atoms with E-state index in [-0.39, 0.29) is 17.9 Å². The summed E-state index contributed by atoms with van der Waals surface area (Å²) in [6.07, 6.45) is 3.61. The van der Waals surface area contributed by atoms with E-state index in [0.29, 0.717) is 73.6 Å². The average Bonchev–Trinajstić information content (AvgIpc) is 3.20. The maximum atomic E-state index is 13.4. The lowest BCUT2D eigenvalue weighted by Gasteiger charge is -2.26. The van der Waals surface area contributed by atoms with Gasteiger partial charge in [0.15, 0.2) is 23.0 Å². The Labute approximate surface area is 229 Å². The van der Waals surface area contributed by atoms with Crippen molar-refractivity contribution in [2.24, 2.45) is 0 Å². The first-order valence-electron chi connectivity index (χ1n) is 13.6. The number of hydrogen-bond donors (Lipinski definition) is 1. The largest absolute Gasteiger partial charge is 0.507 e. The first-order chi connectivity index (χ1) is 19.0. The number of carbonyl (C=O) groups is 2. The van der Waals surface area contributed by atoms with Crippen LogP contribution in [0.3, 0.4) is 0 Å². The fourth-order valence-electron chi connectivity index (χ4n) is 4.80. The quantitative estimate of drug-likeness (QED) is 0.166. The van der Waals surface area contributed by atoms with Crippen LogP contribution in [0.15, 0.2) is 42.0 Å². The lowest BCUT2D eigenvalue weighted by Crippen LogP contribution is -2.31. The minimum atomic E-state index is -0.816. The molecule has 2 aromatic carbocycles. The first-order valence-corrected chi connectivity index (χ1v) is 13.6. The molecule has 2 aliphatic heterocycles. The van der Waals surface area contributed by atoms with E-state index < -0.39 is 17.7 Å². The van der Waals surface area contributed by atoms with Crippen LogP contribution in [-0.4, -0.2) is 68.4 Å². The number of hydrogen-bond acceptors (Lipinski definition) is 8. The number of aliphatic hydroxyl groups is 1. The molecule has 1 saturated heterocycles. The van der Waals surface area contributed by atoms with Crippen molar-refractivity contribution in [3.05, 3.63) is 53.1 Å². The number of fused-ring (bicyclic) bond motifs is 1. The number of unbranched alkanes of at least 4 members (excludes halogenated alkanes) is 2. The predicted octanol–water partition coefficient (Wildman–Crippen LogP) is 4.88. The topological polar surface area (TPSA) is 104 Å². The molecule has 9 nitrogen and oxygen atoms in total. The van der Waals surface area contributed by atoms with Gasteiger partial charge in [0.1, 0.15) is 19.0 Å². The summed E-state index contributed by atoms with van der Waals surface area (Å²) < 4.78 is 28.3. The van der Waals surface area contributed by atoms with Crippen LogP contribution in [0.4, 0.5) is 0 Å². The van der Waals surface area contributed by atoms with Crippen molar-refractivity contribution in [2.75, 3.05) is 46.7 Å². The van der Waals surface area contributed by atoms with Crippen molar-refractivity contribution >= 4 is 17.4 Å². The highest BCUT2D eigenvalue weighted by Crippen LogP contribution is 2.43. The van der Waals surface area contributed by atoms with E-state index in [0.717, 1.165) is 19.3 Å². The van der Waals surface area contributed by atoms with Crippen LogP contribution in [0.5, 0.6) is 23.0 Å². The highest BCUT2D eigenvalue weighted by atomic mass is 16.6. The third-order valence-corrected chi connectivity index (χ3v) is 6.69. The molecule has 1 atom stereocenters. The second kappa shape index (κ2) is 13.4. The van der Waals surface area contributed by atoms with Crippen LogP contribution in [0, 0.1) is 0 Å². The molecule has 39 heavy (non-hydrogen) atoms. The standard InChI is InChI=1S/C30H37NO8/c1-4-6-7-15-37-22-11-9-20(18-24(22)36-5-2)27-26(29(33)30(34)31(27)13-8-14-35-3)28(32)21-10-12-23-25(19-21)39-17-16-38-23/h9-12,18-19,27,32H,4-8,13-17H2,1-3H3/b28-26-. The van der Waals surface area contributed by atoms with Crippen LogP contribution in [0.2, 0.25) is 0 Å². The van der Waals surface area contributed by atoms with Crippen LogP contribution < -0.4 is 18.9 Å². The van der Waals surface area contributed by atoms with E-state index in [4.69, 9.17) is 23.7 Å². The van der Waals surface area contributed by atoms with Gasteiger partial charge in [0, 0.05) is 25.8 Å². The lowest BCUT2D eigenvalue weighted by molar-refractivity contribution is -0.140. The summed E-state index contributed by atoms with van der Waals surface area (Å²) in [5, 5.41) is 11.4. The molecule has 2 heterocycles. The Morgan fingerprint density at radius 1 is 0.949 bits per heavy atom. The number of aliphatic hydroxyl groups excluding tert-OH is 1. The van der Waals surface area contributed by atoms with Crippen molar-refractivity contribution in [2.45, 2.75) is 45.6 Å². The van der Waals surface area contributed by atoms with E-state index >= 15 is 0 Å². The van der Waals surface area contributed by atoms with Crippen molar-refractivity contribution in [3.8, 4) is 23.0 Å². The minimum absolute atomic E-state index is 0.00755. The Kier molecular flexibility index (Phi) is 9.70. The Bertz CT molecular complexity index is 1210. The molecule has 1 N–H and O–H groups in total. The van der Waals surface area contributed by atoms with Gasteiger partial charge in [-0.2, -0.15) is 0 Å². The lowest BCUT2D eigenvalue weighted by atomic mass is 9.94. The highest BCUT2D eigenvalue weighted by Gasteiger charge is 2.46. The minimum Gasteiger partial charge on any atom is -0.507 e. The number of benzene rings is 2. The molecule has 1 fully saturated rings. The molecule has 1 amide bonds. The summed E-state index contributed by atoms with van der Waals surface area (Å²) in [4.78, 5) is 28.1. The summed E-state index contributed by atoms with van der Waals surface area (Å²) >= 11 is 0. The smallest absolute Gasteiger partial charge is 0.295 e. The number of carbonyl (C=O) groups excluding carboxylic acids is 2. The number of ether oxygens (including phenoxy) is 5. The van der Waals surface area contributed by atoms with Gasteiger partial charge in [0.25, 0.3) is 11.7 Å². The molecule has 0 aromatic heterocycles. The molecule has 0 spiro atoms. The molecule has 9 heteroatoms. The zero-order valence-electron chi connectivity index (χ0n) is 22.9. The third-order valence-electron chi connectivity index (χ3n) is 6.69. The number of Topliss-reactive ketones (excluding diaryl/α,β-unsaturated/α-hetero) is 1. The predicted molar refractivity (Wildman–Crippen MR) is 146 cm³/mol. The van der Waals surface area contributed by atoms with Gasteiger partial charge < -0.3 is 33.7 Å². The van der Waals surface area contributed by atoms with E-state index in [1.807, 2.05) is 13.0 Å². The highest BCUT2D eigenvalue weighted by molar-refractivity contribution is 6.46. The van der Waals surface area contributed by atoms with E-state index in [1.165, 1.54) is 4.90 Å². The molecule has 4 rings (SSSR count). The average molecular weight is 540 g/mol. The molecule has 0 bridgehead atoms. The molecular formula is C30H37NO8. The van der Waals surface area contributed by atoms with Gasteiger partial charge in [-0.3, -0.25) is 9.59 Å². The van der Waals surface area contributed by atoms with E-state index in [1.54, 1.807) is 37.4 Å². The van der Waals surface area contributed by atoms with Crippen LogP contribution in [-0.2, 0) is 14.3 Å². The number of likely N-dealkylation sites (tertiary alicyclic amines) is 1. The van der Waals surface area contributed by atoms with Gasteiger partial charge >= 0.3 is 0 Å². The second-order valence-electron chi connectivity index (χ2n) is 9.39. The number of ketones is 1. The van der Waals surface area contributed by atoms with Crippen LogP contribution in [0.25, 0.3) is 5.76 Å². The maximum absolute atomic E-state index is 13.4. The Balaban J connectivity index is 1.76.